The highest BCUT2D eigenvalue weighted by Crippen LogP contribution is 2.15. The van der Waals surface area contributed by atoms with Gasteiger partial charge in [-0.05, 0) is 31.4 Å². The zero-order chi connectivity index (χ0) is 13.8. The third-order valence-electron chi connectivity index (χ3n) is 3.34. The minimum Gasteiger partial charge on any atom is -0.294 e. The minimum atomic E-state index is 0.211. The molecule has 0 aromatic heterocycles. The molecule has 0 amide bonds. The maximum Gasteiger partial charge on any atom is 0.167 e. The first-order valence-electron chi connectivity index (χ1n) is 6.78. The SMILES string of the molecule is CCc1ccccc1C(=O)Cc1cc(C)cc(C)c1. The van der Waals surface area contributed by atoms with Crippen LogP contribution in [0.4, 0.5) is 0 Å². The molecular weight excluding hydrogens is 232 g/mol. The standard InChI is InChI=1S/C18H20O/c1-4-16-7-5-6-8-17(16)18(19)12-15-10-13(2)9-14(3)11-15/h5-11H,4,12H2,1-3H3. The number of hydrogen-bond acceptors (Lipinski definition) is 1. The maximum atomic E-state index is 12.4. The topological polar surface area (TPSA) is 17.1 Å². The van der Waals surface area contributed by atoms with E-state index in [2.05, 4.69) is 39.0 Å². The molecule has 0 unspecified atom stereocenters. The molecule has 1 nitrogen and oxygen atoms in total. The van der Waals surface area contributed by atoms with Gasteiger partial charge in [0.1, 0.15) is 0 Å². The lowest BCUT2D eigenvalue weighted by molar-refractivity contribution is 0.0992. The second-order valence-electron chi connectivity index (χ2n) is 5.11. The summed E-state index contributed by atoms with van der Waals surface area (Å²) in [6.07, 6.45) is 1.38. The molecule has 0 saturated heterocycles. The van der Waals surface area contributed by atoms with Crippen LogP contribution < -0.4 is 0 Å². The van der Waals surface area contributed by atoms with Gasteiger partial charge in [-0.1, -0.05) is 60.5 Å². The summed E-state index contributed by atoms with van der Waals surface area (Å²) in [5, 5.41) is 0. The molecule has 1 heteroatoms. The molecule has 0 fully saturated rings. The van der Waals surface area contributed by atoms with Crippen molar-refractivity contribution in [3.8, 4) is 0 Å². The van der Waals surface area contributed by atoms with Gasteiger partial charge in [-0.3, -0.25) is 4.79 Å². The number of rotatable bonds is 4. The van der Waals surface area contributed by atoms with Crippen molar-refractivity contribution in [2.75, 3.05) is 0 Å². The number of Topliss-reactive ketones (excluding diaryl/α,β-unsaturated/α-hetero) is 1. The number of hydrogen-bond donors (Lipinski definition) is 0. The lowest BCUT2D eigenvalue weighted by Gasteiger charge is -2.08. The Hall–Kier alpha value is -1.89. The molecule has 98 valence electrons. The third kappa shape index (κ3) is 3.31. The van der Waals surface area contributed by atoms with Gasteiger partial charge >= 0.3 is 0 Å². The Morgan fingerprint density at radius 3 is 2.26 bits per heavy atom. The van der Waals surface area contributed by atoms with E-state index >= 15 is 0 Å². The van der Waals surface area contributed by atoms with Gasteiger partial charge in [0.05, 0.1) is 0 Å². The highest BCUT2D eigenvalue weighted by molar-refractivity contribution is 5.98. The van der Waals surface area contributed by atoms with E-state index in [4.69, 9.17) is 0 Å². The molecule has 0 N–H and O–H groups in total. The van der Waals surface area contributed by atoms with Crippen LogP contribution in [0.3, 0.4) is 0 Å². The van der Waals surface area contributed by atoms with Gasteiger partial charge in [0.25, 0.3) is 0 Å². The molecular formula is C18H20O. The Kier molecular flexibility index (Phi) is 4.16. The quantitative estimate of drug-likeness (QED) is 0.742. The first-order chi connectivity index (χ1) is 9.10. The molecule has 0 heterocycles. The van der Waals surface area contributed by atoms with Crippen molar-refractivity contribution in [2.45, 2.75) is 33.6 Å². The van der Waals surface area contributed by atoms with E-state index in [-0.39, 0.29) is 5.78 Å². The lowest BCUT2D eigenvalue weighted by atomic mass is 9.96. The molecule has 0 bridgehead atoms. The average Bonchev–Trinajstić information content (AvgIpc) is 2.37. The highest BCUT2D eigenvalue weighted by Gasteiger charge is 2.11. The molecule has 2 aromatic carbocycles. The maximum absolute atomic E-state index is 12.4. The van der Waals surface area contributed by atoms with Gasteiger partial charge in [-0.25, -0.2) is 0 Å². The predicted molar refractivity (Wildman–Crippen MR) is 79.8 cm³/mol. The van der Waals surface area contributed by atoms with Crippen LogP contribution in [0.5, 0.6) is 0 Å². The Labute approximate surface area is 115 Å². The Morgan fingerprint density at radius 1 is 1.00 bits per heavy atom. The third-order valence-corrected chi connectivity index (χ3v) is 3.34. The summed E-state index contributed by atoms with van der Waals surface area (Å²) < 4.78 is 0. The van der Waals surface area contributed by atoms with E-state index in [1.165, 1.54) is 11.1 Å². The summed E-state index contributed by atoms with van der Waals surface area (Å²) >= 11 is 0. The molecule has 0 saturated carbocycles. The molecule has 0 aliphatic heterocycles. The Balaban J connectivity index is 2.25. The minimum absolute atomic E-state index is 0.211. The fourth-order valence-electron chi connectivity index (χ4n) is 2.55. The normalized spacial score (nSPS) is 10.5. The zero-order valence-electron chi connectivity index (χ0n) is 11.9. The number of benzene rings is 2. The Bertz CT molecular complexity index is 576. The van der Waals surface area contributed by atoms with Crippen LogP contribution in [0.1, 0.15) is 39.5 Å². The van der Waals surface area contributed by atoms with Crippen molar-refractivity contribution in [1.29, 1.82) is 0 Å². The molecule has 0 radical (unpaired) electrons. The number of ketones is 1. The molecule has 0 spiro atoms. The first-order valence-corrected chi connectivity index (χ1v) is 6.78. The van der Waals surface area contributed by atoms with Crippen LogP contribution in [-0.4, -0.2) is 5.78 Å². The van der Waals surface area contributed by atoms with Gasteiger partial charge in [0, 0.05) is 12.0 Å². The van der Waals surface area contributed by atoms with Crippen LogP contribution in [-0.2, 0) is 12.8 Å². The van der Waals surface area contributed by atoms with Crippen LogP contribution in [0, 0.1) is 13.8 Å². The molecule has 19 heavy (non-hydrogen) atoms. The van der Waals surface area contributed by atoms with Gasteiger partial charge < -0.3 is 0 Å². The summed E-state index contributed by atoms with van der Waals surface area (Å²) in [6, 6.07) is 14.2. The summed E-state index contributed by atoms with van der Waals surface area (Å²) in [4.78, 5) is 12.4. The van der Waals surface area contributed by atoms with Crippen molar-refractivity contribution in [3.63, 3.8) is 0 Å². The van der Waals surface area contributed by atoms with E-state index in [0.717, 1.165) is 23.1 Å². The molecule has 0 aliphatic rings. The fraction of sp³-hybridized carbons (Fsp3) is 0.278. The first kappa shape index (κ1) is 13.5. The van der Waals surface area contributed by atoms with E-state index in [1.54, 1.807) is 0 Å². The number of carbonyl (C=O) groups excluding carboxylic acids is 1. The van der Waals surface area contributed by atoms with Crippen molar-refractivity contribution in [2.24, 2.45) is 0 Å². The van der Waals surface area contributed by atoms with Crippen LogP contribution >= 0.6 is 0 Å². The van der Waals surface area contributed by atoms with Crippen molar-refractivity contribution >= 4 is 5.78 Å². The van der Waals surface area contributed by atoms with Crippen molar-refractivity contribution < 1.29 is 4.79 Å². The van der Waals surface area contributed by atoms with Gasteiger partial charge in [0.15, 0.2) is 5.78 Å². The molecule has 2 rings (SSSR count). The van der Waals surface area contributed by atoms with Crippen LogP contribution in [0.15, 0.2) is 42.5 Å². The molecule has 0 atom stereocenters. The Morgan fingerprint density at radius 2 is 1.63 bits per heavy atom. The second kappa shape index (κ2) is 5.83. The summed E-state index contributed by atoms with van der Waals surface area (Å²) in [5.41, 5.74) is 5.53. The predicted octanol–water partition coefficient (Wildman–Crippen LogP) is 4.29. The average molecular weight is 252 g/mol. The van der Waals surface area contributed by atoms with E-state index < -0.39 is 0 Å². The van der Waals surface area contributed by atoms with Crippen LogP contribution in [0.2, 0.25) is 0 Å². The lowest BCUT2D eigenvalue weighted by Crippen LogP contribution is -2.07. The van der Waals surface area contributed by atoms with Gasteiger partial charge in [-0.15, -0.1) is 0 Å². The van der Waals surface area contributed by atoms with E-state index in [1.807, 2.05) is 24.3 Å². The van der Waals surface area contributed by atoms with E-state index in [9.17, 15) is 4.79 Å². The van der Waals surface area contributed by atoms with Crippen molar-refractivity contribution in [3.05, 3.63) is 70.3 Å². The smallest absolute Gasteiger partial charge is 0.167 e. The van der Waals surface area contributed by atoms with Gasteiger partial charge in [0.2, 0.25) is 0 Å². The van der Waals surface area contributed by atoms with E-state index in [0.29, 0.717) is 6.42 Å². The monoisotopic (exact) mass is 252 g/mol. The van der Waals surface area contributed by atoms with Crippen LogP contribution in [0.25, 0.3) is 0 Å². The second-order valence-corrected chi connectivity index (χ2v) is 5.11. The summed E-state index contributed by atoms with van der Waals surface area (Å²) in [7, 11) is 0. The summed E-state index contributed by atoms with van der Waals surface area (Å²) in [5.74, 6) is 0.211. The zero-order valence-corrected chi connectivity index (χ0v) is 11.9. The van der Waals surface area contributed by atoms with Crippen molar-refractivity contribution in [1.82, 2.24) is 0 Å². The largest absolute Gasteiger partial charge is 0.294 e. The number of carbonyl (C=O) groups is 1. The fourth-order valence-corrected chi connectivity index (χ4v) is 2.55. The molecule has 2 aromatic rings. The summed E-state index contributed by atoms with van der Waals surface area (Å²) in [6.45, 7) is 6.23. The highest BCUT2D eigenvalue weighted by atomic mass is 16.1. The van der Waals surface area contributed by atoms with Gasteiger partial charge in [-0.2, -0.15) is 0 Å². The number of aryl methyl sites for hydroxylation is 3. The molecule has 0 aliphatic carbocycles.